The maximum atomic E-state index is 5.56. The standard InChI is InChI=1S/C19H33N5OS2.HI/c1-3-16-13-22-17(27-16)5-7-21-18(20-4-2)23-14-19(6-12-26-15-19)24-8-10-25-11-9-24;/h13H,3-12,14-15H2,1-2H3,(H2,20,21,23);1H. The van der Waals surface area contributed by atoms with Crippen molar-refractivity contribution in [3.05, 3.63) is 16.1 Å². The summed E-state index contributed by atoms with van der Waals surface area (Å²) in [6, 6.07) is 0. The Hall–Kier alpha value is -0.100. The Morgan fingerprint density at radius 2 is 2.14 bits per heavy atom. The van der Waals surface area contributed by atoms with Gasteiger partial charge in [0.2, 0.25) is 0 Å². The van der Waals surface area contributed by atoms with Crippen molar-refractivity contribution in [2.24, 2.45) is 4.99 Å². The topological polar surface area (TPSA) is 61.8 Å². The molecule has 2 aliphatic rings. The SMILES string of the molecule is CCNC(=NCC1(N2CCOCC2)CCSC1)NCCc1ncc(CC)s1.I. The van der Waals surface area contributed by atoms with Crippen molar-refractivity contribution in [3.63, 3.8) is 0 Å². The normalized spacial score (nSPS) is 23.4. The summed E-state index contributed by atoms with van der Waals surface area (Å²) in [5.74, 6) is 3.34. The highest BCUT2D eigenvalue weighted by molar-refractivity contribution is 14.0. The number of aromatic nitrogens is 1. The van der Waals surface area contributed by atoms with Crippen LogP contribution in [-0.2, 0) is 17.6 Å². The number of nitrogens with one attached hydrogen (secondary N) is 2. The molecule has 3 rings (SSSR count). The van der Waals surface area contributed by atoms with E-state index in [4.69, 9.17) is 9.73 Å². The molecule has 1 unspecified atom stereocenters. The van der Waals surface area contributed by atoms with Crippen molar-refractivity contribution in [2.45, 2.75) is 38.6 Å². The minimum absolute atomic E-state index is 0. The highest BCUT2D eigenvalue weighted by Gasteiger charge is 2.40. The number of guanidine groups is 1. The molecule has 160 valence electrons. The van der Waals surface area contributed by atoms with Crippen LogP contribution in [0.5, 0.6) is 0 Å². The van der Waals surface area contributed by atoms with E-state index < -0.39 is 0 Å². The summed E-state index contributed by atoms with van der Waals surface area (Å²) in [6.07, 6.45) is 5.24. The number of morpholine rings is 1. The molecule has 0 aromatic carbocycles. The van der Waals surface area contributed by atoms with E-state index in [0.29, 0.717) is 0 Å². The summed E-state index contributed by atoms with van der Waals surface area (Å²) in [5, 5.41) is 8.10. The molecular formula is C19H34IN5OS2. The number of halogens is 1. The lowest BCUT2D eigenvalue weighted by atomic mass is 9.96. The van der Waals surface area contributed by atoms with Gasteiger partial charge in [-0.1, -0.05) is 6.92 Å². The van der Waals surface area contributed by atoms with Crippen LogP contribution in [0.3, 0.4) is 0 Å². The number of aryl methyl sites for hydroxylation is 1. The second-order valence-corrected chi connectivity index (χ2v) is 9.38. The molecule has 1 atom stereocenters. The van der Waals surface area contributed by atoms with Gasteiger partial charge in [0, 0.05) is 49.4 Å². The van der Waals surface area contributed by atoms with Gasteiger partial charge in [-0.3, -0.25) is 9.89 Å². The van der Waals surface area contributed by atoms with Gasteiger partial charge in [0.05, 0.1) is 30.3 Å². The first kappa shape index (κ1) is 24.2. The van der Waals surface area contributed by atoms with Crippen LogP contribution in [0.25, 0.3) is 0 Å². The third-order valence-electron chi connectivity index (χ3n) is 5.22. The highest BCUT2D eigenvalue weighted by Crippen LogP contribution is 2.34. The number of thiazole rings is 1. The number of hydrogen-bond donors (Lipinski definition) is 2. The summed E-state index contributed by atoms with van der Waals surface area (Å²) in [5.41, 5.74) is 0.197. The molecule has 0 spiro atoms. The first-order valence-electron chi connectivity index (χ1n) is 10.1. The predicted molar refractivity (Wildman–Crippen MR) is 132 cm³/mol. The fraction of sp³-hybridized carbons (Fsp3) is 0.789. The van der Waals surface area contributed by atoms with Gasteiger partial charge in [0.15, 0.2) is 5.96 Å². The van der Waals surface area contributed by atoms with Gasteiger partial charge in [0.1, 0.15) is 0 Å². The molecule has 0 radical (unpaired) electrons. The molecule has 2 N–H and O–H groups in total. The highest BCUT2D eigenvalue weighted by atomic mass is 127. The molecule has 28 heavy (non-hydrogen) atoms. The summed E-state index contributed by atoms with van der Waals surface area (Å²) in [6.45, 7) is 10.7. The van der Waals surface area contributed by atoms with Gasteiger partial charge in [-0.2, -0.15) is 11.8 Å². The van der Waals surface area contributed by atoms with E-state index in [-0.39, 0.29) is 29.5 Å². The van der Waals surface area contributed by atoms with E-state index in [1.54, 1.807) is 0 Å². The number of hydrogen-bond acceptors (Lipinski definition) is 6. The number of nitrogens with zero attached hydrogens (tertiary/aromatic N) is 3. The molecule has 3 heterocycles. The number of ether oxygens (including phenoxy) is 1. The zero-order valence-corrected chi connectivity index (χ0v) is 21.0. The molecular weight excluding hydrogens is 505 g/mol. The lowest BCUT2D eigenvalue weighted by molar-refractivity contribution is -0.0104. The summed E-state index contributed by atoms with van der Waals surface area (Å²) in [4.78, 5) is 13.5. The number of thioether (sulfide) groups is 1. The van der Waals surface area contributed by atoms with Gasteiger partial charge in [-0.15, -0.1) is 35.3 Å². The van der Waals surface area contributed by atoms with Crippen molar-refractivity contribution < 1.29 is 4.74 Å². The smallest absolute Gasteiger partial charge is 0.191 e. The molecule has 1 aromatic heterocycles. The molecule has 2 saturated heterocycles. The Morgan fingerprint density at radius 1 is 1.32 bits per heavy atom. The number of rotatable bonds is 8. The quantitative estimate of drug-likeness (QED) is 0.301. The van der Waals surface area contributed by atoms with E-state index >= 15 is 0 Å². The lowest BCUT2D eigenvalue weighted by Crippen LogP contribution is -2.56. The van der Waals surface area contributed by atoms with Crippen molar-refractivity contribution in [3.8, 4) is 0 Å². The second kappa shape index (κ2) is 12.6. The Morgan fingerprint density at radius 3 is 2.79 bits per heavy atom. The van der Waals surface area contributed by atoms with Crippen LogP contribution in [0.1, 0.15) is 30.2 Å². The van der Waals surface area contributed by atoms with Gasteiger partial charge in [0.25, 0.3) is 0 Å². The van der Waals surface area contributed by atoms with Gasteiger partial charge in [-0.25, -0.2) is 4.98 Å². The van der Waals surface area contributed by atoms with Crippen LogP contribution in [0.15, 0.2) is 11.2 Å². The van der Waals surface area contributed by atoms with E-state index in [1.807, 2.05) is 17.5 Å². The van der Waals surface area contributed by atoms with Crippen LogP contribution in [0.4, 0.5) is 0 Å². The summed E-state index contributed by atoms with van der Waals surface area (Å²) in [7, 11) is 0. The third kappa shape index (κ3) is 6.72. The first-order chi connectivity index (χ1) is 13.3. The molecule has 0 bridgehead atoms. The van der Waals surface area contributed by atoms with Crippen molar-refractivity contribution >= 4 is 53.0 Å². The molecule has 0 amide bonds. The average molecular weight is 540 g/mol. The van der Waals surface area contributed by atoms with Crippen molar-refractivity contribution in [1.82, 2.24) is 20.5 Å². The number of aliphatic imine (C=N–C) groups is 1. The fourth-order valence-electron chi connectivity index (χ4n) is 3.59. The molecule has 2 aliphatic heterocycles. The van der Waals surface area contributed by atoms with Crippen molar-refractivity contribution in [2.75, 3.05) is 57.4 Å². The van der Waals surface area contributed by atoms with Crippen LogP contribution in [0, 0.1) is 0 Å². The zero-order chi connectivity index (χ0) is 19.0. The third-order valence-corrected chi connectivity index (χ3v) is 7.66. The Bertz CT molecular complexity index is 601. The van der Waals surface area contributed by atoms with Crippen LogP contribution < -0.4 is 10.6 Å². The molecule has 6 nitrogen and oxygen atoms in total. The zero-order valence-electron chi connectivity index (χ0n) is 17.0. The van der Waals surface area contributed by atoms with E-state index in [2.05, 4.69) is 46.1 Å². The largest absolute Gasteiger partial charge is 0.379 e. The monoisotopic (exact) mass is 539 g/mol. The molecule has 0 saturated carbocycles. The van der Waals surface area contributed by atoms with Crippen molar-refractivity contribution in [1.29, 1.82) is 0 Å². The molecule has 9 heteroatoms. The molecule has 2 fully saturated rings. The van der Waals surface area contributed by atoms with E-state index in [9.17, 15) is 0 Å². The van der Waals surface area contributed by atoms with Gasteiger partial charge < -0.3 is 15.4 Å². The maximum absolute atomic E-state index is 5.56. The van der Waals surface area contributed by atoms with Crippen LogP contribution in [-0.4, -0.2) is 78.8 Å². The minimum Gasteiger partial charge on any atom is -0.379 e. The fourth-order valence-corrected chi connectivity index (χ4v) is 5.92. The predicted octanol–water partition coefficient (Wildman–Crippen LogP) is 2.63. The van der Waals surface area contributed by atoms with Crippen LogP contribution in [0.2, 0.25) is 0 Å². The Balaban J connectivity index is 0.00000280. The van der Waals surface area contributed by atoms with E-state index in [0.717, 1.165) is 64.7 Å². The summed E-state index contributed by atoms with van der Waals surface area (Å²) < 4.78 is 5.56. The Labute approximate surface area is 194 Å². The Kier molecular flexibility index (Phi) is 10.8. The van der Waals surface area contributed by atoms with E-state index in [1.165, 1.54) is 27.8 Å². The molecule has 1 aromatic rings. The van der Waals surface area contributed by atoms with Gasteiger partial charge >= 0.3 is 0 Å². The second-order valence-electron chi connectivity index (χ2n) is 7.07. The maximum Gasteiger partial charge on any atom is 0.191 e. The summed E-state index contributed by atoms with van der Waals surface area (Å²) >= 11 is 3.88. The molecule has 0 aliphatic carbocycles. The average Bonchev–Trinajstić information content (AvgIpc) is 3.37. The van der Waals surface area contributed by atoms with Crippen LogP contribution >= 0.6 is 47.1 Å². The first-order valence-corrected chi connectivity index (χ1v) is 12.1. The van der Waals surface area contributed by atoms with Gasteiger partial charge in [-0.05, 0) is 25.5 Å². The minimum atomic E-state index is 0. The lowest BCUT2D eigenvalue weighted by Gasteiger charge is -2.42.